The van der Waals surface area contributed by atoms with Gasteiger partial charge in [-0.25, -0.2) is 4.98 Å². The number of aromatic nitrogens is 1. The summed E-state index contributed by atoms with van der Waals surface area (Å²) in [6.07, 6.45) is 1.10. The molecule has 0 bridgehead atoms. The Bertz CT molecular complexity index is 445. The molecule has 21 heavy (non-hydrogen) atoms. The van der Waals surface area contributed by atoms with Crippen LogP contribution in [0.4, 0.5) is 0 Å². The Morgan fingerprint density at radius 2 is 2.05 bits per heavy atom. The minimum Gasteiger partial charge on any atom is -0.312 e. The normalized spacial score (nSPS) is 26.5. The summed E-state index contributed by atoms with van der Waals surface area (Å²) in [6.45, 7) is 13.4. The monoisotopic (exact) mass is 344 g/mol. The summed E-state index contributed by atoms with van der Waals surface area (Å²) in [7, 11) is 0. The van der Waals surface area contributed by atoms with E-state index in [0.29, 0.717) is 11.2 Å². The predicted molar refractivity (Wildman–Crippen MR) is 99.8 cm³/mol. The molecule has 3 atom stereocenters. The number of thiazole rings is 1. The van der Waals surface area contributed by atoms with Crippen molar-refractivity contribution in [1.82, 2.24) is 10.3 Å². The minimum atomic E-state index is 0.590. The van der Waals surface area contributed by atoms with E-state index >= 15 is 0 Å². The van der Waals surface area contributed by atoms with Crippen LogP contribution in [0.2, 0.25) is 0 Å². The summed E-state index contributed by atoms with van der Waals surface area (Å²) in [5, 5.41) is 6.91. The maximum atomic E-state index is 5.03. The predicted octanol–water partition coefficient (Wildman–Crippen LogP) is 4.75. The summed E-state index contributed by atoms with van der Waals surface area (Å²) in [4.78, 5) is 6.49. The summed E-state index contributed by atoms with van der Waals surface area (Å²) in [6, 6.07) is 0. The molecule has 0 radical (unpaired) electrons. The maximum absolute atomic E-state index is 5.03. The molecule has 1 aliphatic heterocycles. The molecular weight excluding hydrogens is 316 g/mol. The molecule has 0 aromatic carbocycles. The summed E-state index contributed by atoms with van der Waals surface area (Å²) in [5.41, 5.74) is 1.34. The highest BCUT2D eigenvalue weighted by molar-refractivity contribution is 8.07. The zero-order chi connectivity index (χ0) is 15.4. The van der Waals surface area contributed by atoms with Gasteiger partial charge >= 0.3 is 0 Å². The van der Waals surface area contributed by atoms with E-state index in [2.05, 4.69) is 63.5 Å². The Morgan fingerprint density at radius 3 is 2.67 bits per heavy atom. The molecular formula is C16H28N2S3. The Balaban J connectivity index is 2.13. The van der Waals surface area contributed by atoms with Gasteiger partial charge in [0.05, 0.1) is 10.9 Å². The van der Waals surface area contributed by atoms with Crippen LogP contribution in [0.5, 0.6) is 0 Å². The SMILES string of the molecule is CCNCc1sc(C2CSC(C)C(C)S2)nc1CC(C)C. The molecule has 2 heterocycles. The third kappa shape index (κ3) is 4.88. The molecule has 3 unspecified atom stereocenters. The zero-order valence-corrected chi connectivity index (χ0v) is 16.3. The van der Waals surface area contributed by atoms with E-state index in [-0.39, 0.29) is 0 Å². The van der Waals surface area contributed by atoms with Crippen LogP contribution >= 0.6 is 34.9 Å². The van der Waals surface area contributed by atoms with Crippen molar-refractivity contribution < 1.29 is 0 Å². The van der Waals surface area contributed by atoms with E-state index in [0.717, 1.165) is 30.0 Å². The molecule has 1 fully saturated rings. The first kappa shape index (κ1) is 17.6. The van der Waals surface area contributed by atoms with E-state index in [1.54, 1.807) is 0 Å². The van der Waals surface area contributed by atoms with E-state index in [9.17, 15) is 0 Å². The van der Waals surface area contributed by atoms with Crippen LogP contribution in [0.25, 0.3) is 0 Å². The van der Waals surface area contributed by atoms with Crippen molar-refractivity contribution in [3.8, 4) is 0 Å². The molecule has 120 valence electrons. The number of nitrogens with one attached hydrogen (secondary N) is 1. The molecule has 0 aliphatic carbocycles. The van der Waals surface area contributed by atoms with E-state index in [1.165, 1.54) is 21.3 Å². The first-order valence-corrected chi connectivity index (χ1v) is 10.8. The number of hydrogen-bond acceptors (Lipinski definition) is 5. The third-order valence-electron chi connectivity index (χ3n) is 3.76. The van der Waals surface area contributed by atoms with Crippen LogP contribution in [0.1, 0.15) is 55.4 Å². The molecule has 2 nitrogen and oxygen atoms in total. The molecule has 1 N–H and O–H groups in total. The molecule has 2 rings (SSSR count). The summed E-state index contributed by atoms with van der Waals surface area (Å²) in [5.74, 6) is 1.89. The van der Waals surface area contributed by atoms with Crippen LogP contribution in [-0.2, 0) is 13.0 Å². The van der Waals surface area contributed by atoms with Crippen LogP contribution in [-0.4, -0.2) is 27.8 Å². The Labute approximate surface area is 142 Å². The largest absolute Gasteiger partial charge is 0.312 e. The van der Waals surface area contributed by atoms with E-state index in [1.807, 2.05) is 11.3 Å². The lowest BCUT2D eigenvalue weighted by molar-refractivity contribution is 0.626. The van der Waals surface area contributed by atoms with Gasteiger partial charge in [-0.2, -0.15) is 11.8 Å². The Kier molecular flexibility index (Phi) is 6.91. The molecule has 0 saturated carbocycles. The standard InChI is InChI=1S/C16H28N2S3/c1-6-17-8-14-13(7-10(2)3)18-16(21-14)15-9-19-11(4)12(5)20-15/h10-12,15,17H,6-9H2,1-5H3. The number of thioether (sulfide) groups is 2. The number of nitrogens with zero attached hydrogens (tertiary/aromatic N) is 1. The van der Waals surface area contributed by atoms with Crippen molar-refractivity contribution in [2.45, 2.75) is 63.3 Å². The number of hydrogen-bond donors (Lipinski definition) is 1. The Morgan fingerprint density at radius 1 is 1.29 bits per heavy atom. The van der Waals surface area contributed by atoms with Gasteiger partial charge in [-0.1, -0.05) is 34.6 Å². The van der Waals surface area contributed by atoms with Crippen molar-refractivity contribution in [2.75, 3.05) is 12.3 Å². The fraction of sp³-hybridized carbons (Fsp3) is 0.812. The zero-order valence-electron chi connectivity index (χ0n) is 13.8. The molecule has 1 aliphatic rings. The Hall–Kier alpha value is 0.290. The second-order valence-corrected chi connectivity index (χ2v) is 10.3. The lowest BCUT2D eigenvalue weighted by atomic mass is 10.1. The van der Waals surface area contributed by atoms with Crippen molar-refractivity contribution >= 4 is 34.9 Å². The maximum Gasteiger partial charge on any atom is 0.107 e. The highest BCUT2D eigenvalue weighted by atomic mass is 32.2. The van der Waals surface area contributed by atoms with Gasteiger partial charge < -0.3 is 5.32 Å². The molecule has 1 aromatic heterocycles. The average Bonchev–Trinajstić information content (AvgIpc) is 2.82. The average molecular weight is 345 g/mol. The van der Waals surface area contributed by atoms with Crippen molar-refractivity contribution in [3.05, 3.63) is 15.6 Å². The van der Waals surface area contributed by atoms with Gasteiger partial charge in [0.25, 0.3) is 0 Å². The van der Waals surface area contributed by atoms with E-state index in [4.69, 9.17) is 4.98 Å². The molecule has 5 heteroatoms. The third-order valence-corrected chi connectivity index (χ3v) is 8.52. The van der Waals surface area contributed by atoms with Gasteiger partial charge in [0.1, 0.15) is 5.01 Å². The number of rotatable bonds is 6. The van der Waals surface area contributed by atoms with Gasteiger partial charge in [-0.05, 0) is 18.9 Å². The topological polar surface area (TPSA) is 24.9 Å². The van der Waals surface area contributed by atoms with Crippen LogP contribution in [0.3, 0.4) is 0 Å². The van der Waals surface area contributed by atoms with Gasteiger partial charge in [-0.15, -0.1) is 23.1 Å². The van der Waals surface area contributed by atoms with Crippen LogP contribution in [0.15, 0.2) is 0 Å². The van der Waals surface area contributed by atoms with Gasteiger partial charge in [0.2, 0.25) is 0 Å². The van der Waals surface area contributed by atoms with Crippen molar-refractivity contribution in [3.63, 3.8) is 0 Å². The van der Waals surface area contributed by atoms with E-state index < -0.39 is 0 Å². The molecule has 1 saturated heterocycles. The summed E-state index contributed by atoms with van der Waals surface area (Å²) < 4.78 is 0. The second kappa shape index (κ2) is 8.23. The summed E-state index contributed by atoms with van der Waals surface area (Å²) >= 11 is 6.17. The first-order valence-electron chi connectivity index (χ1n) is 7.97. The smallest absolute Gasteiger partial charge is 0.107 e. The van der Waals surface area contributed by atoms with Crippen molar-refractivity contribution in [1.29, 1.82) is 0 Å². The van der Waals surface area contributed by atoms with Crippen LogP contribution < -0.4 is 5.32 Å². The lowest BCUT2D eigenvalue weighted by Crippen LogP contribution is -2.21. The first-order chi connectivity index (χ1) is 10.0. The molecule has 1 aromatic rings. The van der Waals surface area contributed by atoms with Crippen LogP contribution in [0, 0.1) is 5.92 Å². The highest BCUT2D eigenvalue weighted by Crippen LogP contribution is 2.45. The lowest BCUT2D eigenvalue weighted by Gasteiger charge is -2.30. The molecule has 0 spiro atoms. The van der Waals surface area contributed by atoms with Crippen molar-refractivity contribution in [2.24, 2.45) is 5.92 Å². The van der Waals surface area contributed by atoms with Gasteiger partial charge in [-0.3, -0.25) is 0 Å². The fourth-order valence-electron chi connectivity index (χ4n) is 2.38. The second-order valence-electron chi connectivity index (χ2n) is 6.17. The fourth-order valence-corrected chi connectivity index (χ4v) is 6.63. The minimum absolute atomic E-state index is 0.590. The van der Waals surface area contributed by atoms with Gasteiger partial charge in [0.15, 0.2) is 0 Å². The highest BCUT2D eigenvalue weighted by Gasteiger charge is 2.29. The molecule has 0 amide bonds. The van der Waals surface area contributed by atoms with Gasteiger partial charge in [0, 0.05) is 27.7 Å². The quantitative estimate of drug-likeness (QED) is 0.805.